The van der Waals surface area contributed by atoms with Crippen LogP contribution in [0.25, 0.3) is 0 Å². The lowest BCUT2D eigenvalue weighted by Gasteiger charge is -2.09. The van der Waals surface area contributed by atoms with Gasteiger partial charge in [-0.3, -0.25) is 16.1 Å². The van der Waals surface area contributed by atoms with Crippen LogP contribution in [0.5, 0.6) is 0 Å². The highest BCUT2D eigenvalue weighted by molar-refractivity contribution is 9.10. The molecule has 0 aromatic heterocycles. The highest BCUT2D eigenvalue weighted by Crippen LogP contribution is 2.14. The SMILES string of the molecule is CC(CCCC(=O)Nc1ccc(Br)cc1)NN. The van der Waals surface area contributed by atoms with Crippen molar-refractivity contribution in [2.75, 3.05) is 5.32 Å². The third-order valence-corrected chi connectivity index (χ3v) is 2.98. The molecular formula is C12H18BrN3O. The second-order valence-corrected chi connectivity index (χ2v) is 4.93. The van der Waals surface area contributed by atoms with Crippen LogP contribution in [-0.4, -0.2) is 11.9 Å². The van der Waals surface area contributed by atoms with Gasteiger partial charge in [0.2, 0.25) is 5.91 Å². The normalized spacial score (nSPS) is 12.2. The minimum Gasteiger partial charge on any atom is -0.326 e. The molecule has 94 valence electrons. The van der Waals surface area contributed by atoms with Crippen LogP contribution in [0.1, 0.15) is 26.2 Å². The van der Waals surface area contributed by atoms with Gasteiger partial charge < -0.3 is 5.32 Å². The number of carbonyl (C=O) groups excluding carboxylic acids is 1. The Balaban J connectivity index is 2.27. The van der Waals surface area contributed by atoms with Crippen LogP contribution in [0, 0.1) is 0 Å². The quantitative estimate of drug-likeness (QED) is 0.558. The molecule has 0 bridgehead atoms. The first kappa shape index (κ1) is 14.2. The fraction of sp³-hybridized carbons (Fsp3) is 0.417. The van der Waals surface area contributed by atoms with E-state index in [2.05, 4.69) is 26.7 Å². The first-order chi connectivity index (χ1) is 8.11. The zero-order valence-electron chi connectivity index (χ0n) is 9.87. The summed E-state index contributed by atoms with van der Waals surface area (Å²) in [5.41, 5.74) is 3.48. The second-order valence-electron chi connectivity index (χ2n) is 4.02. The van der Waals surface area contributed by atoms with Gasteiger partial charge in [-0.05, 0) is 44.0 Å². The molecule has 4 nitrogen and oxygen atoms in total. The summed E-state index contributed by atoms with van der Waals surface area (Å²) in [5, 5.41) is 2.85. The van der Waals surface area contributed by atoms with Crippen molar-refractivity contribution < 1.29 is 4.79 Å². The van der Waals surface area contributed by atoms with Gasteiger partial charge in [-0.25, -0.2) is 0 Å². The number of benzene rings is 1. The van der Waals surface area contributed by atoms with E-state index >= 15 is 0 Å². The number of rotatable bonds is 6. The molecule has 1 unspecified atom stereocenters. The fourth-order valence-corrected chi connectivity index (χ4v) is 1.67. The summed E-state index contributed by atoms with van der Waals surface area (Å²) in [7, 11) is 0. The number of halogens is 1. The van der Waals surface area contributed by atoms with Crippen molar-refractivity contribution in [3.63, 3.8) is 0 Å². The largest absolute Gasteiger partial charge is 0.326 e. The molecule has 1 atom stereocenters. The molecule has 4 N–H and O–H groups in total. The first-order valence-corrected chi connectivity index (χ1v) is 6.42. The van der Waals surface area contributed by atoms with Gasteiger partial charge in [-0.15, -0.1) is 0 Å². The van der Waals surface area contributed by atoms with Crippen LogP contribution in [0.4, 0.5) is 5.69 Å². The van der Waals surface area contributed by atoms with Gasteiger partial charge in [0, 0.05) is 22.6 Å². The van der Waals surface area contributed by atoms with Gasteiger partial charge in [-0.1, -0.05) is 15.9 Å². The maximum atomic E-state index is 11.6. The van der Waals surface area contributed by atoms with Crippen LogP contribution in [-0.2, 0) is 4.79 Å². The van der Waals surface area contributed by atoms with Crippen molar-refractivity contribution in [1.29, 1.82) is 0 Å². The molecule has 0 saturated heterocycles. The molecule has 0 radical (unpaired) electrons. The van der Waals surface area contributed by atoms with Crippen molar-refractivity contribution in [1.82, 2.24) is 5.43 Å². The Morgan fingerprint density at radius 1 is 1.41 bits per heavy atom. The Labute approximate surface area is 110 Å². The van der Waals surface area contributed by atoms with E-state index in [1.54, 1.807) is 0 Å². The molecule has 1 aromatic rings. The third kappa shape index (κ3) is 5.81. The zero-order valence-corrected chi connectivity index (χ0v) is 11.5. The van der Waals surface area contributed by atoms with Gasteiger partial charge >= 0.3 is 0 Å². The lowest BCUT2D eigenvalue weighted by atomic mass is 10.1. The van der Waals surface area contributed by atoms with Crippen molar-refractivity contribution in [3.8, 4) is 0 Å². The minimum atomic E-state index is 0.0385. The number of hydrogen-bond acceptors (Lipinski definition) is 3. The Bertz CT molecular complexity index is 353. The molecule has 0 fully saturated rings. The Morgan fingerprint density at radius 2 is 2.06 bits per heavy atom. The highest BCUT2D eigenvalue weighted by atomic mass is 79.9. The summed E-state index contributed by atoms with van der Waals surface area (Å²) in [4.78, 5) is 11.6. The third-order valence-electron chi connectivity index (χ3n) is 2.45. The predicted octanol–water partition coefficient (Wildman–Crippen LogP) is 2.41. The summed E-state index contributed by atoms with van der Waals surface area (Å²) in [6, 6.07) is 7.78. The zero-order chi connectivity index (χ0) is 12.7. The summed E-state index contributed by atoms with van der Waals surface area (Å²) < 4.78 is 0.998. The van der Waals surface area contributed by atoms with E-state index in [-0.39, 0.29) is 11.9 Å². The van der Waals surface area contributed by atoms with E-state index in [4.69, 9.17) is 5.84 Å². The fourth-order valence-electron chi connectivity index (χ4n) is 1.41. The second kappa shape index (κ2) is 7.42. The lowest BCUT2D eigenvalue weighted by molar-refractivity contribution is -0.116. The van der Waals surface area contributed by atoms with E-state index in [1.807, 2.05) is 31.2 Å². The van der Waals surface area contributed by atoms with Crippen molar-refractivity contribution in [3.05, 3.63) is 28.7 Å². The number of nitrogens with two attached hydrogens (primary N) is 1. The van der Waals surface area contributed by atoms with Crippen molar-refractivity contribution in [2.45, 2.75) is 32.2 Å². The summed E-state index contributed by atoms with van der Waals surface area (Å²) in [6.07, 6.45) is 2.24. The number of carbonyl (C=O) groups is 1. The van der Waals surface area contributed by atoms with Crippen LogP contribution in [0.2, 0.25) is 0 Å². The average molecular weight is 300 g/mol. The van der Waals surface area contributed by atoms with E-state index in [1.165, 1.54) is 0 Å². The van der Waals surface area contributed by atoms with Gasteiger partial charge in [0.25, 0.3) is 0 Å². The first-order valence-electron chi connectivity index (χ1n) is 5.63. The smallest absolute Gasteiger partial charge is 0.224 e. The van der Waals surface area contributed by atoms with E-state index < -0.39 is 0 Å². The number of nitrogens with one attached hydrogen (secondary N) is 2. The van der Waals surface area contributed by atoms with Gasteiger partial charge in [0.1, 0.15) is 0 Å². The number of hydrogen-bond donors (Lipinski definition) is 3. The summed E-state index contributed by atoms with van der Waals surface area (Å²) in [6.45, 7) is 1.99. The molecule has 0 aliphatic rings. The van der Waals surface area contributed by atoms with Crippen LogP contribution in [0.15, 0.2) is 28.7 Å². The van der Waals surface area contributed by atoms with E-state index in [0.717, 1.165) is 23.0 Å². The Kier molecular flexibility index (Phi) is 6.18. The maximum Gasteiger partial charge on any atom is 0.224 e. The molecule has 1 amide bonds. The van der Waals surface area contributed by atoms with Crippen molar-refractivity contribution in [2.24, 2.45) is 5.84 Å². The topological polar surface area (TPSA) is 67.2 Å². The number of hydrazine groups is 1. The average Bonchev–Trinajstić information content (AvgIpc) is 2.32. The van der Waals surface area contributed by atoms with E-state index in [0.29, 0.717) is 6.42 Å². The number of amides is 1. The molecule has 5 heteroatoms. The molecular weight excluding hydrogens is 282 g/mol. The van der Waals surface area contributed by atoms with Crippen LogP contribution in [0.3, 0.4) is 0 Å². The molecule has 0 saturated carbocycles. The number of anilines is 1. The highest BCUT2D eigenvalue weighted by Gasteiger charge is 2.04. The van der Waals surface area contributed by atoms with E-state index in [9.17, 15) is 4.79 Å². The monoisotopic (exact) mass is 299 g/mol. The lowest BCUT2D eigenvalue weighted by Crippen LogP contribution is -2.32. The minimum absolute atomic E-state index is 0.0385. The van der Waals surface area contributed by atoms with Gasteiger partial charge in [0.05, 0.1) is 0 Å². The predicted molar refractivity (Wildman–Crippen MR) is 73.4 cm³/mol. The molecule has 0 spiro atoms. The molecule has 17 heavy (non-hydrogen) atoms. The maximum absolute atomic E-state index is 11.6. The molecule has 1 rings (SSSR count). The standard InChI is InChI=1S/C12H18BrN3O/c1-9(16-14)3-2-4-12(17)15-11-7-5-10(13)6-8-11/h5-9,16H,2-4,14H2,1H3,(H,15,17). The summed E-state index contributed by atoms with van der Waals surface area (Å²) in [5.74, 6) is 5.31. The Morgan fingerprint density at radius 3 is 2.65 bits per heavy atom. The molecule has 0 heterocycles. The molecule has 1 aromatic carbocycles. The van der Waals surface area contributed by atoms with Gasteiger partial charge in [0.15, 0.2) is 0 Å². The summed E-state index contributed by atoms with van der Waals surface area (Å²) >= 11 is 3.35. The Hall–Kier alpha value is -0.910. The van der Waals surface area contributed by atoms with Crippen LogP contribution < -0.4 is 16.6 Å². The van der Waals surface area contributed by atoms with Gasteiger partial charge in [-0.2, -0.15) is 0 Å². The van der Waals surface area contributed by atoms with Crippen LogP contribution >= 0.6 is 15.9 Å². The van der Waals surface area contributed by atoms with Crippen molar-refractivity contribution >= 4 is 27.5 Å². The molecule has 0 aliphatic carbocycles. The molecule has 0 aliphatic heterocycles.